The van der Waals surface area contributed by atoms with Crippen molar-refractivity contribution in [2.45, 2.75) is 0 Å². The Balaban J connectivity index is 2.44. The number of aromatic nitrogens is 1. The monoisotopic (exact) mass is 343 g/mol. The van der Waals surface area contributed by atoms with E-state index in [0.29, 0.717) is 15.2 Å². The molecule has 1 heterocycles. The third kappa shape index (κ3) is 2.71. The molecule has 2 rings (SSSR count). The fourth-order valence-electron chi connectivity index (χ4n) is 1.46. The first-order valence-electron chi connectivity index (χ1n) is 5.17. The average Bonchev–Trinajstić information content (AvgIpc) is 2.90. The fourth-order valence-corrected chi connectivity index (χ4v) is 2.68. The Morgan fingerprint density at radius 1 is 1.42 bits per heavy atom. The Bertz CT molecular complexity index is 626. The smallest absolute Gasteiger partial charge is 0.357 e. The molecule has 2 aromatic rings. The number of ether oxygens (including phenoxy) is 2. The molecular formula is C12H10BrNO4S. The maximum absolute atomic E-state index is 11.4. The number of phenols is 1. The molecule has 0 aliphatic heterocycles. The van der Waals surface area contributed by atoms with Gasteiger partial charge < -0.3 is 14.6 Å². The second kappa shape index (κ2) is 5.58. The molecule has 0 saturated heterocycles. The number of hydrogen-bond donors (Lipinski definition) is 1. The van der Waals surface area contributed by atoms with Crippen LogP contribution in [0.25, 0.3) is 10.6 Å². The van der Waals surface area contributed by atoms with Crippen LogP contribution in [-0.4, -0.2) is 30.3 Å². The van der Waals surface area contributed by atoms with Gasteiger partial charge in [0, 0.05) is 10.9 Å². The highest BCUT2D eigenvalue weighted by Gasteiger charge is 2.15. The predicted octanol–water partition coefficient (Wildman–Crippen LogP) is 3.07. The number of carbonyl (C=O) groups is 1. The molecule has 0 aliphatic rings. The molecule has 0 fully saturated rings. The van der Waals surface area contributed by atoms with Crippen molar-refractivity contribution in [2.24, 2.45) is 0 Å². The summed E-state index contributed by atoms with van der Waals surface area (Å²) >= 11 is 4.55. The number of benzene rings is 1. The van der Waals surface area contributed by atoms with Gasteiger partial charge in [0.25, 0.3) is 0 Å². The van der Waals surface area contributed by atoms with Gasteiger partial charge in [0.1, 0.15) is 5.01 Å². The lowest BCUT2D eigenvalue weighted by Gasteiger charge is -2.07. The summed E-state index contributed by atoms with van der Waals surface area (Å²) < 4.78 is 10.2. The third-order valence-electron chi connectivity index (χ3n) is 2.39. The predicted molar refractivity (Wildman–Crippen MR) is 74.8 cm³/mol. The number of methoxy groups -OCH3 is 2. The summed E-state index contributed by atoms with van der Waals surface area (Å²) in [5, 5.41) is 12.0. The van der Waals surface area contributed by atoms with E-state index in [1.165, 1.54) is 25.6 Å². The zero-order valence-corrected chi connectivity index (χ0v) is 12.5. The SMILES string of the molecule is COC(=O)c1csc(-c2cc(Br)c(O)c(OC)c2)n1. The summed E-state index contributed by atoms with van der Waals surface area (Å²) in [5.74, 6) is -0.123. The molecule has 1 aromatic heterocycles. The Morgan fingerprint density at radius 2 is 2.16 bits per heavy atom. The minimum atomic E-state index is -0.479. The summed E-state index contributed by atoms with van der Waals surface area (Å²) in [4.78, 5) is 15.5. The van der Waals surface area contributed by atoms with Crippen molar-refractivity contribution in [1.82, 2.24) is 4.98 Å². The molecule has 0 atom stereocenters. The van der Waals surface area contributed by atoms with Crippen LogP contribution in [0.5, 0.6) is 11.5 Å². The minimum Gasteiger partial charge on any atom is -0.503 e. The number of rotatable bonds is 3. The number of hydrogen-bond acceptors (Lipinski definition) is 6. The van der Waals surface area contributed by atoms with Gasteiger partial charge in [-0.2, -0.15) is 0 Å². The van der Waals surface area contributed by atoms with Gasteiger partial charge in [-0.3, -0.25) is 0 Å². The van der Waals surface area contributed by atoms with Crippen LogP contribution in [0.3, 0.4) is 0 Å². The first-order chi connectivity index (χ1) is 9.06. The van der Waals surface area contributed by atoms with Crippen LogP contribution < -0.4 is 4.74 Å². The van der Waals surface area contributed by atoms with E-state index in [4.69, 9.17) is 4.74 Å². The third-order valence-corrected chi connectivity index (χ3v) is 3.89. The Hall–Kier alpha value is -1.60. The maximum atomic E-state index is 11.4. The quantitative estimate of drug-likeness (QED) is 0.867. The lowest BCUT2D eigenvalue weighted by atomic mass is 10.2. The standard InChI is InChI=1S/C12H10BrNO4S/c1-17-9-4-6(3-7(13)10(9)15)11-14-8(5-19-11)12(16)18-2/h3-5,15H,1-2H3. The van der Waals surface area contributed by atoms with Crippen molar-refractivity contribution >= 4 is 33.2 Å². The van der Waals surface area contributed by atoms with Gasteiger partial charge >= 0.3 is 5.97 Å². The minimum absolute atomic E-state index is 0.0241. The molecule has 5 nitrogen and oxygen atoms in total. The van der Waals surface area contributed by atoms with Gasteiger partial charge in [0.05, 0.1) is 18.7 Å². The molecule has 1 aromatic carbocycles. The lowest BCUT2D eigenvalue weighted by molar-refractivity contribution is 0.0595. The van der Waals surface area contributed by atoms with Crippen LogP contribution in [0.2, 0.25) is 0 Å². The second-order valence-corrected chi connectivity index (χ2v) is 5.25. The first kappa shape index (κ1) is 13.8. The Morgan fingerprint density at radius 3 is 2.79 bits per heavy atom. The van der Waals surface area contributed by atoms with Crippen molar-refractivity contribution in [3.8, 4) is 22.1 Å². The van der Waals surface area contributed by atoms with Crippen LogP contribution in [0.4, 0.5) is 0 Å². The van der Waals surface area contributed by atoms with Crippen LogP contribution in [-0.2, 0) is 4.74 Å². The lowest BCUT2D eigenvalue weighted by Crippen LogP contribution is -2.00. The van der Waals surface area contributed by atoms with Gasteiger partial charge in [-0.25, -0.2) is 9.78 Å². The van der Waals surface area contributed by atoms with Crippen molar-refractivity contribution in [1.29, 1.82) is 0 Å². The number of nitrogens with zero attached hydrogens (tertiary/aromatic N) is 1. The molecule has 100 valence electrons. The van der Waals surface area contributed by atoms with E-state index < -0.39 is 5.97 Å². The van der Waals surface area contributed by atoms with E-state index in [9.17, 15) is 9.90 Å². The van der Waals surface area contributed by atoms with Crippen LogP contribution in [0.1, 0.15) is 10.5 Å². The van der Waals surface area contributed by atoms with Gasteiger partial charge in [-0.1, -0.05) is 0 Å². The van der Waals surface area contributed by atoms with E-state index >= 15 is 0 Å². The molecule has 0 saturated carbocycles. The molecule has 0 aliphatic carbocycles. The number of aromatic hydroxyl groups is 1. The van der Waals surface area contributed by atoms with Gasteiger partial charge in [0.15, 0.2) is 17.2 Å². The topological polar surface area (TPSA) is 68.7 Å². The molecular weight excluding hydrogens is 334 g/mol. The molecule has 0 bridgehead atoms. The van der Waals surface area contributed by atoms with Crippen LogP contribution >= 0.6 is 27.3 Å². The van der Waals surface area contributed by atoms with Crippen LogP contribution in [0.15, 0.2) is 22.0 Å². The largest absolute Gasteiger partial charge is 0.503 e. The zero-order valence-electron chi connectivity index (χ0n) is 10.1. The zero-order chi connectivity index (χ0) is 14.0. The van der Waals surface area contributed by atoms with E-state index in [0.717, 1.165) is 5.56 Å². The summed E-state index contributed by atoms with van der Waals surface area (Å²) in [6.45, 7) is 0. The second-order valence-electron chi connectivity index (χ2n) is 3.54. The first-order valence-corrected chi connectivity index (χ1v) is 6.84. The number of thiazole rings is 1. The van der Waals surface area contributed by atoms with Gasteiger partial charge in [-0.15, -0.1) is 11.3 Å². The van der Waals surface area contributed by atoms with Crippen molar-refractivity contribution in [3.05, 3.63) is 27.7 Å². The molecule has 19 heavy (non-hydrogen) atoms. The normalized spacial score (nSPS) is 10.3. The number of phenolic OH excluding ortho intramolecular Hbond substituents is 1. The Labute approximate surface area is 121 Å². The molecule has 7 heteroatoms. The summed E-state index contributed by atoms with van der Waals surface area (Å²) in [6.07, 6.45) is 0. The van der Waals surface area contributed by atoms with E-state index in [2.05, 4.69) is 25.7 Å². The van der Waals surface area contributed by atoms with Crippen molar-refractivity contribution in [2.75, 3.05) is 14.2 Å². The van der Waals surface area contributed by atoms with E-state index in [1.807, 2.05) is 0 Å². The Kier molecular flexibility index (Phi) is 4.06. The van der Waals surface area contributed by atoms with Gasteiger partial charge in [-0.05, 0) is 28.1 Å². The molecule has 0 radical (unpaired) electrons. The molecule has 0 unspecified atom stereocenters. The van der Waals surface area contributed by atoms with Crippen LogP contribution in [0, 0.1) is 0 Å². The fraction of sp³-hybridized carbons (Fsp3) is 0.167. The van der Waals surface area contributed by atoms with Gasteiger partial charge in [0.2, 0.25) is 0 Å². The van der Waals surface area contributed by atoms with E-state index in [1.54, 1.807) is 17.5 Å². The highest BCUT2D eigenvalue weighted by molar-refractivity contribution is 9.10. The maximum Gasteiger partial charge on any atom is 0.357 e. The van der Waals surface area contributed by atoms with Crippen molar-refractivity contribution in [3.63, 3.8) is 0 Å². The molecule has 0 spiro atoms. The van der Waals surface area contributed by atoms with Crippen molar-refractivity contribution < 1.29 is 19.4 Å². The summed E-state index contributed by atoms with van der Waals surface area (Å²) in [6, 6.07) is 3.36. The molecule has 1 N–H and O–H groups in total. The summed E-state index contributed by atoms with van der Waals surface area (Å²) in [5.41, 5.74) is 0.993. The highest BCUT2D eigenvalue weighted by atomic mass is 79.9. The number of carbonyl (C=O) groups excluding carboxylic acids is 1. The number of halogens is 1. The molecule has 0 amide bonds. The summed E-state index contributed by atoms with van der Waals surface area (Å²) in [7, 11) is 2.77. The highest BCUT2D eigenvalue weighted by Crippen LogP contribution is 2.39. The van der Waals surface area contributed by atoms with E-state index in [-0.39, 0.29) is 11.4 Å². The number of esters is 1. The average molecular weight is 344 g/mol.